The number of benzene rings is 2. The van der Waals surface area contributed by atoms with Gasteiger partial charge in [0.25, 0.3) is 5.91 Å². The topological polar surface area (TPSA) is 91.4 Å². The Bertz CT molecular complexity index is 1140. The Balaban J connectivity index is 1.98. The third-order valence-electron chi connectivity index (χ3n) is 3.93. The molecule has 3 rings (SSSR count). The van der Waals surface area contributed by atoms with Gasteiger partial charge < -0.3 is 15.4 Å². The van der Waals surface area contributed by atoms with E-state index in [1.54, 1.807) is 6.07 Å². The monoisotopic (exact) mass is 419 g/mol. The summed E-state index contributed by atoms with van der Waals surface area (Å²) in [4.78, 5) is 16.4. The van der Waals surface area contributed by atoms with Crippen molar-refractivity contribution in [2.24, 2.45) is 4.99 Å². The summed E-state index contributed by atoms with van der Waals surface area (Å²) < 4.78 is 46.2. The number of guanidine groups is 1. The number of carbonyl (C=O) groups is 1. The van der Waals surface area contributed by atoms with E-state index in [9.17, 15) is 18.0 Å². The predicted molar refractivity (Wildman–Crippen MR) is 107 cm³/mol. The van der Waals surface area contributed by atoms with Crippen molar-refractivity contribution in [3.05, 3.63) is 53.3 Å². The average molecular weight is 419 g/mol. The van der Waals surface area contributed by atoms with Crippen molar-refractivity contribution in [3.8, 4) is 5.75 Å². The summed E-state index contributed by atoms with van der Waals surface area (Å²) in [7, 11) is 1.41. The van der Waals surface area contributed by atoms with Gasteiger partial charge in [-0.25, -0.2) is 13.2 Å². The molecule has 0 bridgehead atoms. The van der Waals surface area contributed by atoms with E-state index in [1.165, 1.54) is 13.2 Å². The molecule has 0 radical (unpaired) electrons. The molecule has 10 heteroatoms. The zero-order chi connectivity index (χ0) is 22.1. The van der Waals surface area contributed by atoms with Crippen LogP contribution in [0.5, 0.6) is 5.75 Å². The van der Waals surface area contributed by atoms with E-state index in [4.69, 9.17) is 4.74 Å². The maximum atomic E-state index is 14.5. The van der Waals surface area contributed by atoms with Crippen molar-refractivity contribution in [2.45, 2.75) is 26.3 Å². The smallest absolute Gasteiger partial charge is 0.280 e. The van der Waals surface area contributed by atoms with Gasteiger partial charge in [0.2, 0.25) is 5.96 Å². The quantitative estimate of drug-likeness (QED) is 0.441. The summed E-state index contributed by atoms with van der Waals surface area (Å²) in [6.45, 7) is 5.47. The molecule has 7 nitrogen and oxygen atoms in total. The highest BCUT2D eigenvalue weighted by molar-refractivity contribution is 6.09. The van der Waals surface area contributed by atoms with Crippen LogP contribution in [-0.2, 0) is 0 Å². The minimum Gasteiger partial charge on any atom is -0.497 e. The average Bonchev–Trinajstić information content (AvgIpc) is 3.05. The standard InChI is InChI=1S/C20H20F3N5O2/c1-20(2,3)26-19(25-18(29)10-5-6-12(21)13(22)7-10)24-17-16-14(23)8-11(30-4)9-15(16)27-28-17/h5-9H,1-4H3,(H3,24,25,26,27,28,29). The number of H-pyrrole nitrogens is 1. The molecule has 0 saturated carbocycles. The number of methoxy groups -OCH3 is 1. The number of rotatable bonds is 3. The largest absolute Gasteiger partial charge is 0.497 e. The first-order valence-electron chi connectivity index (χ1n) is 8.92. The van der Waals surface area contributed by atoms with Gasteiger partial charge in [-0.1, -0.05) is 0 Å². The summed E-state index contributed by atoms with van der Waals surface area (Å²) in [6, 6.07) is 5.46. The summed E-state index contributed by atoms with van der Waals surface area (Å²) in [5, 5.41) is 12.6. The number of aliphatic imine (C=N–C) groups is 1. The first kappa shape index (κ1) is 21.2. The summed E-state index contributed by atoms with van der Waals surface area (Å²) in [6.07, 6.45) is 0. The zero-order valence-electron chi connectivity index (χ0n) is 16.7. The van der Waals surface area contributed by atoms with Crippen LogP contribution in [0.2, 0.25) is 0 Å². The van der Waals surface area contributed by atoms with Gasteiger partial charge in [0.05, 0.1) is 12.5 Å². The lowest BCUT2D eigenvalue weighted by Gasteiger charge is -2.23. The van der Waals surface area contributed by atoms with E-state index >= 15 is 0 Å². The van der Waals surface area contributed by atoms with Crippen LogP contribution in [0.1, 0.15) is 31.1 Å². The summed E-state index contributed by atoms with van der Waals surface area (Å²) in [5.74, 6) is -3.23. The molecule has 0 unspecified atom stereocenters. The number of aromatic nitrogens is 2. The molecular weight excluding hydrogens is 399 g/mol. The van der Waals surface area contributed by atoms with E-state index in [0.29, 0.717) is 11.3 Å². The minimum absolute atomic E-state index is 0.0296. The molecule has 1 heterocycles. The van der Waals surface area contributed by atoms with Crippen LogP contribution >= 0.6 is 0 Å². The number of carbonyl (C=O) groups excluding carboxylic acids is 1. The predicted octanol–water partition coefficient (Wildman–Crippen LogP) is 3.99. The van der Waals surface area contributed by atoms with Gasteiger partial charge in [0.1, 0.15) is 22.9 Å². The molecule has 0 aliphatic rings. The Morgan fingerprint density at radius 1 is 1.10 bits per heavy atom. The number of nitrogens with zero attached hydrogens (tertiary/aromatic N) is 2. The molecule has 30 heavy (non-hydrogen) atoms. The number of nitrogens with one attached hydrogen (secondary N) is 3. The van der Waals surface area contributed by atoms with Crippen LogP contribution in [0.25, 0.3) is 10.9 Å². The molecule has 0 saturated heterocycles. The molecule has 1 amide bonds. The molecule has 3 N–H and O–H groups in total. The van der Waals surface area contributed by atoms with E-state index in [-0.39, 0.29) is 22.7 Å². The maximum absolute atomic E-state index is 14.5. The van der Waals surface area contributed by atoms with Crippen molar-refractivity contribution >= 4 is 28.6 Å². The van der Waals surface area contributed by atoms with Gasteiger partial charge in [-0.15, -0.1) is 0 Å². The normalized spacial score (nSPS) is 12.2. The fourth-order valence-corrected chi connectivity index (χ4v) is 2.64. The highest BCUT2D eigenvalue weighted by atomic mass is 19.2. The highest BCUT2D eigenvalue weighted by Gasteiger charge is 2.19. The molecule has 158 valence electrons. The lowest BCUT2D eigenvalue weighted by molar-refractivity contribution is 0.100. The highest BCUT2D eigenvalue weighted by Crippen LogP contribution is 2.28. The second-order valence-electron chi connectivity index (χ2n) is 7.50. The van der Waals surface area contributed by atoms with Gasteiger partial charge in [0, 0.05) is 23.2 Å². The van der Waals surface area contributed by atoms with Crippen LogP contribution in [0.4, 0.5) is 19.0 Å². The lowest BCUT2D eigenvalue weighted by atomic mass is 10.1. The number of aromatic amines is 1. The molecular formula is C20H20F3N5O2. The Morgan fingerprint density at radius 3 is 2.47 bits per heavy atom. The Morgan fingerprint density at radius 2 is 1.83 bits per heavy atom. The van der Waals surface area contributed by atoms with Crippen molar-refractivity contribution in [3.63, 3.8) is 0 Å². The number of ether oxygens (including phenoxy) is 1. The number of fused-ring (bicyclic) bond motifs is 1. The molecule has 1 aromatic heterocycles. The first-order valence-corrected chi connectivity index (χ1v) is 8.92. The summed E-state index contributed by atoms with van der Waals surface area (Å²) in [5.41, 5.74) is -0.372. The number of hydrogen-bond donors (Lipinski definition) is 3. The van der Waals surface area contributed by atoms with Crippen LogP contribution < -0.4 is 15.4 Å². The molecule has 3 aromatic rings. The fraction of sp³-hybridized carbons (Fsp3) is 0.250. The minimum atomic E-state index is -1.16. The number of hydrogen-bond acceptors (Lipinski definition) is 3. The van der Waals surface area contributed by atoms with E-state index in [0.717, 1.165) is 18.2 Å². The van der Waals surface area contributed by atoms with Gasteiger partial charge in [-0.2, -0.15) is 10.1 Å². The Labute approximate surface area is 170 Å². The molecule has 0 aliphatic heterocycles. The fourth-order valence-electron chi connectivity index (χ4n) is 2.64. The Hall–Kier alpha value is -3.56. The molecule has 0 aliphatic carbocycles. The van der Waals surface area contributed by atoms with E-state index in [1.807, 2.05) is 20.8 Å². The van der Waals surface area contributed by atoms with Crippen molar-refractivity contribution in [1.29, 1.82) is 0 Å². The second-order valence-corrected chi connectivity index (χ2v) is 7.50. The zero-order valence-corrected chi connectivity index (χ0v) is 16.7. The van der Waals surface area contributed by atoms with Gasteiger partial charge in [0.15, 0.2) is 11.6 Å². The molecule has 0 atom stereocenters. The number of amides is 1. The van der Waals surface area contributed by atoms with Gasteiger partial charge in [-0.3, -0.25) is 9.89 Å². The summed E-state index contributed by atoms with van der Waals surface area (Å²) >= 11 is 0. The molecule has 0 fully saturated rings. The van der Waals surface area contributed by atoms with Gasteiger partial charge in [-0.05, 0) is 39.0 Å². The van der Waals surface area contributed by atoms with E-state index in [2.05, 4.69) is 25.8 Å². The lowest BCUT2D eigenvalue weighted by Crippen LogP contribution is -2.44. The number of halogens is 3. The van der Waals surface area contributed by atoms with Crippen molar-refractivity contribution in [1.82, 2.24) is 15.5 Å². The van der Waals surface area contributed by atoms with Crippen LogP contribution in [0, 0.1) is 17.5 Å². The van der Waals surface area contributed by atoms with Crippen LogP contribution in [-0.4, -0.2) is 34.7 Å². The van der Waals surface area contributed by atoms with Crippen LogP contribution in [0.15, 0.2) is 35.3 Å². The SMILES string of the molecule is COc1cc(F)c2c(N/C(=N/C(=O)c3ccc(F)c(F)c3)NC(C)(C)C)[nH]nc2c1. The molecule has 2 aromatic carbocycles. The van der Waals surface area contributed by atoms with Gasteiger partial charge >= 0.3 is 0 Å². The van der Waals surface area contributed by atoms with Crippen molar-refractivity contribution < 1.29 is 22.7 Å². The molecule has 0 spiro atoms. The third kappa shape index (κ3) is 4.70. The Kier molecular flexibility index (Phi) is 5.68. The first-order chi connectivity index (χ1) is 14.1. The number of anilines is 1. The van der Waals surface area contributed by atoms with Crippen molar-refractivity contribution in [2.75, 3.05) is 12.4 Å². The third-order valence-corrected chi connectivity index (χ3v) is 3.93. The van der Waals surface area contributed by atoms with E-state index < -0.39 is 28.9 Å². The maximum Gasteiger partial charge on any atom is 0.280 e. The van der Waals surface area contributed by atoms with Crippen LogP contribution in [0.3, 0.4) is 0 Å². The second kappa shape index (κ2) is 8.05.